The van der Waals surface area contributed by atoms with E-state index in [2.05, 4.69) is 44.7 Å². The molecule has 1 aromatic carbocycles. The molecule has 4 nitrogen and oxygen atoms in total. The maximum absolute atomic E-state index is 6.21. The van der Waals surface area contributed by atoms with Crippen LogP contribution in [-0.2, 0) is 9.31 Å². The molecule has 0 spiro atoms. The Morgan fingerprint density at radius 1 is 1.09 bits per heavy atom. The fraction of sp³-hybridized carbons (Fsp3) is 0.647. The lowest BCUT2D eigenvalue weighted by Crippen LogP contribution is -2.41. The Hall–Kier alpha value is -1.20. The lowest BCUT2D eigenvalue weighted by Gasteiger charge is -2.32. The largest absolute Gasteiger partial charge is 0.497 e. The lowest BCUT2D eigenvalue weighted by atomic mass is 9.77. The first kappa shape index (κ1) is 15.7. The second-order valence-corrected chi connectivity index (χ2v) is 7.52. The number of benzene rings is 1. The number of anilines is 1. The van der Waals surface area contributed by atoms with Gasteiger partial charge in [-0.15, -0.1) is 0 Å². The van der Waals surface area contributed by atoms with Crippen LogP contribution < -0.4 is 15.1 Å². The van der Waals surface area contributed by atoms with Crippen LogP contribution in [0.3, 0.4) is 0 Å². The van der Waals surface area contributed by atoms with Gasteiger partial charge in [0, 0.05) is 25.2 Å². The van der Waals surface area contributed by atoms with Gasteiger partial charge in [0.05, 0.1) is 17.3 Å². The molecule has 1 aliphatic heterocycles. The van der Waals surface area contributed by atoms with Crippen molar-refractivity contribution in [3.8, 4) is 5.75 Å². The minimum atomic E-state index is -0.370. The van der Waals surface area contributed by atoms with Gasteiger partial charge in [-0.3, -0.25) is 0 Å². The van der Waals surface area contributed by atoms with Gasteiger partial charge in [-0.1, -0.05) is 0 Å². The normalized spacial score (nSPS) is 22.7. The van der Waals surface area contributed by atoms with Crippen molar-refractivity contribution in [2.45, 2.75) is 57.8 Å². The average Bonchev–Trinajstić information content (AvgIpc) is 3.17. The minimum Gasteiger partial charge on any atom is -0.490 e. The Kier molecular flexibility index (Phi) is 3.69. The highest BCUT2D eigenvalue weighted by Crippen LogP contribution is 2.37. The van der Waals surface area contributed by atoms with Crippen LogP contribution in [0.25, 0.3) is 0 Å². The molecule has 0 atom stereocenters. The van der Waals surface area contributed by atoms with Crippen molar-refractivity contribution < 1.29 is 14.0 Å². The molecule has 5 heteroatoms. The van der Waals surface area contributed by atoms with Gasteiger partial charge in [-0.25, -0.2) is 0 Å². The monoisotopic (exact) mass is 303 g/mol. The van der Waals surface area contributed by atoms with Crippen molar-refractivity contribution in [1.29, 1.82) is 0 Å². The zero-order valence-electron chi connectivity index (χ0n) is 14.5. The Bertz CT molecular complexity index is 551. The van der Waals surface area contributed by atoms with E-state index in [0.717, 1.165) is 29.7 Å². The fourth-order valence-corrected chi connectivity index (χ4v) is 2.55. The number of rotatable bonds is 4. The molecule has 0 unspecified atom stereocenters. The quantitative estimate of drug-likeness (QED) is 0.800. The first-order valence-corrected chi connectivity index (χ1v) is 8.03. The van der Waals surface area contributed by atoms with Crippen LogP contribution in [-0.4, -0.2) is 38.5 Å². The molecule has 1 saturated carbocycles. The molecule has 120 valence electrons. The summed E-state index contributed by atoms with van der Waals surface area (Å²) in [6, 6.07) is 6.18. The van der Waals surface area contributed by atoms with E-state index in [1.807, 2.05) is 20.2 Å². The second kappa shape index (κ2) is 5.17. The van der Waals surface area contributed by atoms with E-state index in [9.17, 15) is 0 Å². The molecular weight excluding hydrogens is 277 g/mol. The second-order valence-electron chi connectivity index (χ2n) is 7.52. The predicted molar refractivity (Wildman–Crippen MR) is 90.1 cm³/mol. The Balaban J connectivity index is 1.93. The molecule has 0 aromatic heterocycles. The van der Waals surface area contributed by atoms with Gasteiger partial charge in [0.2, 0.25) is 0 Å². The molecule has 1 aliphatic carbocycles. The molecule has 0 amide bonds. The van der Waals surface area contributed by atoms with Crippen molar-refractivity contribution in [2.75, 3.05) is 19.0 Å². The molecular formula is C17H26BNO3. The van der Waals surface area contributed by atoms with Crippen LogP contribution in [0.4, 0.5) is 5.69 Å². The molecule has 0 N–H and O–H groups in total. The predicted octanol–water partition coefficient (Wildman–Crippen LogP) is 2.59. The van der Waals surface area contributed by atoms with Crippen LogP contribution in [0.15, 0.2) is 18.2 Å². The van der Waals surface area contributed by atoms with Gasteiger partial charge in [-0.05, 0) is 58.7 Å². The smallest absolute Gasteiger partial charge is 0.490 e. The van der Waals surface area contributed by atoms with Crippen LogP contribution >= 0.6 is 0 Å². The maximum Gasteiger partial charge on any atom is 0.497 e. The Labute approximate surface area is 133 Å². The van der Waals surface area contributed by atoms with Crippen molar-refractivity contribution >= 4 is 18.3 Å². The number of ether oxygens (including phenoxy) is 1. The molecule has 1 heterocycles. The molecule has 2 fully saturated rings. The minimum absolute atomic E-state index is 0.339. The Morgan fingerprint density at radius 3 is 2.18 bits per heavy atom. The van der Waals surface area contributed by atoms with Gasteiger partial charge in [0.15, 0.2) is 0 Å². The van der Waals surface area contributed by atoms with E-state index < -0.39 is 0 Å². The SMILES string of the molecule is CN(C)c1ccc(OC2CC2)cc1B1OC(C)(C)C(C)(C)O1. The zero-order chi connectivity index (χ0) is 16.1. The number of hydrogen-bond donors (Lipinski definition) is 0. The maximum atomic E-state index is 6.21. The summed E-state index contributed by atoms with van der Waals surface area (Å²) in [6.07, 6.45) is 2.69. The summed E-state index contributed by atoms with van der Waals surface area (Å²) < 4.78 is 18.4. The lowest BCUT2D eigenvalue weighted by molar-refractivity contribution is 0.00578. The fourth-order valence-electron chi connectivity index (χ4n) is 2.55. The summed E-state index contributed by atoms with van der Waals surface area (Å²) in [5.74, 6) is 0.901. The summed E-state index contributed by atoms with van der Waals surface area (Å²) in [4.78, 5) is 2.08. The third-order valence-corrected chi connectivity index (χ3v) is 4.82. The molecule has 22 heavy (non-hydrogen) atoms. The van der Waals surface area contributed by atoms with E-state index in [1.54, 1.807) is 0 Å². The summed E-state index contributed by atoms with van der Waals surface area (Å²) in [7, 11) is 3.70. The van der Waals surface area contributed by atoms with E-state index in [4.69, 9.17) is 14.0 Å². The van der Waals surface area contributed by atoms with Crippen LogP contribution in [0.1, 0.15) is 40.5 Å². The van der Waals surface area contributed by atoms with E-state index in [1.165, 1.54) is 0 Å². The van der Waals surface area contributed by atoms with Crippen LogP contribution in [0, 0.1) is 0 Å². The first-order chi connectivity index (χ1) is 10.2. The highest BCUT2D eigenvalue weighted by atomic mass is 16.7. The summed E-state index contributed by atoms with van der Waals surface area (Å²) >= 11 is 0. The molecule has 1 aromatic rings. The molecule has 2 aliphatic rings. The van der Waals surface area contributed by atoms with Gasteiger partial charge in [0.25, 0.3) is 0 Å². The highest BCUT2D eigenvalue weighted by molar-refractivity contribution is 6.64. The van der Waals surface area contributed by atoms with Crippen molar-refractivity contribution in [3.05, 3.63) is 18.2 Å². The van der Waals surface area contributed by atoms with Crippen molar-refractivity contribution in [1.82, 2.24) is 0 Å². The zero-order valence-corrected chi connectivity index (χ0v) is 14.5. The first-order valence-electron chi connectivity index (χ1n) is 8.03. The van der Waals surface area contributed by atoms with E-state index in [-0.39, 0.29) is 18.3 Å². The summed E-state index contributed by atoms with van der Waals surface area (Å²) in [6.45, 7) is 8.31. The molecule has 0 radical (unpaired) electrons. The summed E-state index contributed by atoms with van der Waals surface area (Å²) in [5.41, 5.74) is 1.45. The molecule has 1 saturated heterocycles. The van der Waals surface area contributed by atoms with Crippen molar-refractivity contribution in [2.24, 2.45) is 0 Å². The third-order valence-electron chi connectivity index (χ3n) is 4.82. The average molecular weight is 303 g/mol. The van der Waals surface area contributed by atoms with E-state index >= 15 is 0 Å². The van der Waals surface area contributed by atoms with Gasteiger partial charge in [-0.2, -0.15) is 0 Å². The van der Waals surface area contributed by atoms with Gasteiger partial charge in [0.1, 0.15) is 5.75 Å². The highest BCUT2D eigenvalue weighted by Gasteiger charge is 2.52. The van der Waals surface area contributed by atoms with E-state index in [0.29, 0.717) is 6.10 Å². The number of nitrogens with zero attached hydrogens (tertiary/aromatic N) is 1. The molecule has 0 bridgehead atoms. The molecule has 3 rings (SSSR count). The standard InChI is InChI=1S/C17H26BNO3/c1-16(2)17(3,4)22-18(21-16)14-11-13(20-12-7-8-12)9-10-15(14)19(5)6/h9-12H,7-8H2,1-6H3. The van der Waals surface area contributed by atoms with Crippen LogP contribution in [0.5, 0.6) is 5.75 Å². The Morgan fingerprint density at radius 2 is 1.68 bits per heavy atom. The van der Waals surface area contributed by atoms with Crippen molar-refractivity contribution in [3.63, 3.8) is 0 Å². The van der Waals surface area contributed by atoms with Crippen LogP contribution in [0.2, 0.25) is 0 Å². The summed E-state index contributed by atoms with van der Waals surface area (Å²) in [5, 5.41) is 0. The van der Waals surface area contributed by atoms with Gasteiger partial charge >= 0.3 is 7.12 Å². The van der Waals surface area contributed by atoms with Gasteiger partial charge < -0.3 is 18.9 Å². The third kappa shape index (κ3) is 2.84. The topological polar surface area (TPSA) is 30.9 Å². The number of hydrogen-bond acceptors (Lipinski definition) is 4.